The van der Waals surface area contributed by atoms with Gasteiger partial charge in [-0.1, -0.05) is 64.9 Å². The molecule has 0 unspecified atom stereocenters. The Labute approximate surface area is 236 Å². The van der Waals surface area contributed by atoms with Crippen molar-refractivity contribution < 1.29 is 17.5 Å². The van der Waals surface area contributed by atoms with E-state index in [1.165, 1.54) is 21.0 Å². The molecule has 0 saturated heterocycles. The molecule has 5 rings (SSSR count). The average molecular weight is 589 g/mol. The van der Waals surface area contributed by atoms with Gasteiger partial charge in [-0.2, -0.15) is 4.57 Å². The Kier molecular flexibility index (Phi) is 7.71. The first kappa shape index (κ1) is 27.0. The molecule has 1 aliphatic rings. The number of anilines is 2. The van der Waals surface area contributed by atoms with Gasteiger partial charge in [-0.05, 0) is 56.0 Å². The van der Waals surface area contributed by atoms with Crippen molar-refractivity contribution in [3.8, 4) is 0 Å². The number of hydrogen-bond donors (Lipinski definition) is 0. The van der Waals surface area contributed by atoms with Crippen molar-refractivity contribution >= 4 is 83.1 Å². The molecule has 0 spiro atoms. The summed E-state index contributed by atoms with van der Waals surface area (Å²) in [5, 5.41) is 4.44. The number of hydrogen-bond acceptors (Lipinski definition) is 6. The topological polar surface area (TPSA) is 67.6 Å². The second-order valence-electron chi connectivity index (χ2n) is 8.97. The molecular weight excluding hydrogens is 561 g/mol. The summed E-state index contributed by atoms with van der Waals surface area (Å²) in [5.41, 5.74) is 2.96. The summed E-state index contributed by atoms with van der Waals surface area (Å²) >= 11 is 14.4. The van der Waals surface area contributed by atoms with Crippen LogP contribution in [0.2, 0.25) is 10.0 Å². The molecule has 6 nitrogen and oxygen atoms in total. The first-order valence-electron chi connectivity index (χ1n) is 12.4. The summed E-state index contributed by atoms with van der Waals surface area (Å²) in [6, 6.07) is 16.4. The van der Waals surface area contributed by atoms with Crippen LogP contribution in [0, 0.1) is 0 Å². The van der Waals surface area contributed by atoms with E-state index in [0.717, 1.165) is 28.7 Å². The van der Waals surface area contributed by atoms with Crippen molar-refractivity contribution in [3.63, 3.8) is 0 Å². The van der Waals surface area contributed by atoms with Gasteiger partial charge >= 0.3 is 0 Å². The number of fused-ring (bicyclic) bond motifs is 4. The summed E-state index contributed by atoms with van der Waals surface area (Å²) in [6.45, 7) is 6.05. The van der Waals surface area contributed by atoms with Crippen LogP contribution in [0.15, 0.2) is 66.5 Å². The van der Waals surface area contributed by atoms with E-state index in [4.69, 9.17) is 23.2 Å². The minimum absolute atomic E-state index is 0.198. The molecule has 38 heavy (non-hydrogen) atoms. The second-order valence-corrected chi connectivity index (χ2v) is 12.4. The van der Waals surface area contributed by atoms with Gasteiger partial charge in [-0.15, -0.1) is 0 Å². The molecule has 0 atom stereocenters. The molecular formula is C28H27Cl2N3O3S2. The third-order valence-electron chi connectivity index (χ3n) is 6.66. The number of halogens is 2. The van der Waals surface area contributed by atoms with Crippen LogP contribution in [-0.4, -0.2) is 31.8 Å². The maximum absolute atomic E-state index is 11.2. The quantitative estimate of drug-likeness (QED) is 0.167. The lowest BCUT2D eigenvalue weighted by atomic mass is 10.1. The lowest BCUT2D eigenvalue weighted by Gasteiger charge is -2.24. The molecule has 1 aromatic heterocycles. The summed E-state index contributed by atoms with van der Waals surface area (Å²) in [4.78, 5) is 4.11. The van der Waals surface area contributed by atoms with Crippen LogP contribution in [0.1, 0.15) is 25.3 Å². The van der Waals surface area contributed by atoms with Crippen molar-refractivity contribution in [2.24, 2.45) is 0 Å². The van der Waals surface area contributed by atoms with Crippen LogP contribution in [0.5, 0.6) is 0 Å². The molecule has 0 bridgehead atoms. The smallest absolute Gasteiger partial charge is 0.262 e. The van der Waals surface area contributed by atoms with Crippen LogP contribution >= 0.6 is 34.5 Å². The highest BCUT2D eigenvalue weighted by atomic mass is 35.5. The predicted molar refractivity (Wildman–Crippen MR) is 158 cm³/mol. The van der Waals surface area contributed by atoms with E-state index in [2.05, 4.69) is 58.9 Å². The van der Waals surface area contributed by atoms with Gasteiger partial charge in [-0.3, -0.25) is 0 Å². The molecule has 2 heterocycles. The van der Waals surface area contributed by atoms with Crippen LogP contribution < -0.4 is 14.4 Å². The zero-order valence-corrected chi connectivity index (χ0v) is 24.2. The molecule has 0 aliphatic carbocycles. The molecule has 0 radical (unpaired) electrons. The zero-order valence-electron chi connectivity index (χ0n) is 21.0. The van der Waals surface area contributed by atoms with E-state index in [9.17, 15) is 13.0 Å². The number of nitrogens with zero attached hydrogens (tertiary/aromatic N) is 3. The third-order valence-corrected chi connectivity index (χ3v) is 9.28. The number of aryl methyl sites for hydroxylation is 1. The van der Waals surface area contributed by atoms with Crippen LogP contribution in [0.3, 0.4) is 0 Å². The zero-order chi connectivity index (χ0) is 27.0. The number of rotatable bonds is 8. The van der Waals surface area contributed by atoms with E-state index in [1.54, 1.807) is 17.4 Å². The maximum Gasteiger partial charge on any atom is 0.262 e. The Hall–Kier alpha value is -2.62. The first-order chi connectivity index (χ1) is 18.2. The van der Waals surface area contributed by atoms with Gasteiger partial charge in [0.2, 0.25) is 5.52 Å². The van der Waals surface area contributed by atoms with E-state index in [-0.39, 0.29) is 6.42 Å². The van der Waals surface area contributed by atoms with Crippen molar-refractivity contribution in [1.29, 1.82) is 0 Å². The van der Waals surface area contributed by atoms with Gasteiger partial charge in [-0.25, -0.2) is 8.42 Å². The lowest BCUT2D eigenvalue weighted by Crippen LogP contribution is -2.33. The molecule has 0 fully saturated rings. The van der Waals surface area contributed by atoms with Crippen LogP contribution in [0.25, 0.3) is 27.1 Å². The standard InChI is InChI=1S/C28H27Cl2N3O3S2/c1-3-31-23-17-21(29)22(30)18-24(23)33(15-8-16-38(34,35)36)26(31)11-7-12-27-32(4-2)28-20-10-6-5-9-19(20)13-14-25(28)37-27/h5-7,9-14,17-18H,3-4,8,15-16H2,1-2H3. The predicted octanol–water partition coefficient (Wildman–Crippen LogP) is 6.81. The molecule has 0 saturated carbocycles. The van der Waals surface area contributed by atoms with Gasteiger partial charge < -0.3 is 14.4 Å². The normalized spacial score (nSPS) is 15.0. The van der Waals surface area contributed by atoms with E-state index in [0.29, 0.717) is 23.1 Å². The van der Waals surface area contributed by atoms with E-state index >= 15 is 0 Å². The molecule has 0 amide bonds. The van der Waals surface area contributed by atoms with Gasteiger partial charge in [0.15, 0.2) is 0 Å². The Morgan fingerprint density at radius 3 is 2.42 bits per heavy atom. The van der Waals surface area contributed by atoms with Crippen LogP contribution in [-0.2, 0) is 16.7 Å². The number of benzene rings is 3. The largest absolute Gasteiger partial charge is 0.748 e. The van der Waals surface area contributed by atoms with E-state index in [1.807, 2.05) is 30.0 Å². The highest BCUT2D eigenvalue weighted by Crippen LogP contribution is 2.45. The number of thiazole rings is 1. The summed E-state index contributed by atoms with van der Waals surface area (Å²) in [6.07, 6.45) is 6.33. The number of aromatic nitrogens is 1. The van der Waals surface area contributed by atoms with Gasteiger partial charge in [0, 0.05) is 24.9 Å². The SMILES string of the molecule is CCN1/C(=C\C=C\c2sc3ccc4ccccc4c3[n+]2CC)N(CCCS(=O)(=O)[O-])c2cc(Cl)c(Cl)cc21. The third kappa shape index (κ3) is 5.16. The summed E-state index contributed by atoms with van der Waals surface area (Å²) in [7, 11) is -4.31. The van der Waals surface area contributed by atoms with Gasteiger partial charge in [0.1, 0.15) is 17.1 Å². The van der Waals surface area contributed by atoms with Crippen molar-refractivity contribution in [1.82, 2.24) is 0 Å². The van der Waals surface area contributed by atoms with E-state index < -0.39 is 15.9 Å². The highest BCUT2D eigenvalue weighted by Gasteiger charge is 2.31. The second kappa shape index (κ2) is 10.9. The van der Waals surface area contributed by atoms with Gasteiger partial charge in [0.05, 0.1) is 36.9 Å². The summed E-state index contributed by atoms with van der Waals surface area (Å²) in [5.74, 6) is 0.441. The lowest BCUT2D eigenvalue weighted by molar-refractivity contribution is -0.664. The Bertz CT molecular complexity index is 1700. The minimum atomic E-state index is -4.31. The Morgan fingerprint density at radius 2 is 1.74 bits per heavy atom. The Morgan fingerprint density at radius 1 is 1.03 bits per heavy atom. The van der Waals surface area contributed by atoms with Crippen molar-refractivity contribution in [2.45, 2.75) is 26.8 Å². The fourth-order valence-electron chi connectivity index (χ4n) is 5.03. The number of allylic oxidation sites excluding steroid dienone is 2. The molecule has 1 aliphatic heterocycles. The fraction of sp³-hybridized carbons (Fsp3) is 0.250. The fourth-order valence-corrected chi connectivity index (χ4v) is 6.98. The minimum Gasteiger partial charge on any atom is -0.748 e. The van der Waals surface area contributed by atoms with Crippen LogP contribution in [0.4, 0.5) is 11.4 Å². The molecule has 3 aromatic carbocycles. The molecule has 4 aromatic rings. The first-order valence-corrected chi connectivity index (χ1v) is 15.6. The molecule has 198 valence electrons. The van der Waals surface area contributed by atoms with Crippen molar-refractivity contribution in [3.05, 3.63) is 81.6 Å². The Balaban J connectivity index is 1.54. The van der Waals surface area contributed by atoms with Gasteiger partial charge in [0.25, 0.3) is 5.01 Å². The average Bonchev–Trinajstić information content (AvgIpc) is 3.38. The highest BCUT2D eigenvalue weighted by molar-refractivity contribution is 7.85. The molecule has 10 heteroatoms. The maximum atomic E-state index is 11.2. The molecule has 0 N–H and O–H groups in total. The van der Waals surface area contributed by atoms with Crippen molar-refractivity contribution in [2.75, 3.05) is 28.6 Å². The summed E-state index contributed by atoms with van der Waals surface area (Å²) < 4.78 is 37.3. The monoisotopic (exact) mass is 587 g/mol.